The monoisotopic (exact) mass is 330 g/mol. The lowest BCUT2D eigenvalue weighted by molar-refractivity contribution is 0.0596. The molecule has 1 aromatic heterocycles. The first-order valence-electron chi connectivity index (χ1n) is 5.32. The molecule has 0 radical (unpaired) electrons. The van der Waals surface area contributed by atoms with Crippen LogP contribution in [-0.2, 0) is 4.74 Å². The molecule has 5 nitrogen and oxygen atoms in total. The SMILES string of the molecule is COC(=O)c1nscc1NC(=O)c1c(Cl)cccc1Cl. The Morgan fingerprint density at radius 3 is 2.55 bits per heavy atom. The summed E-state index contributed by atoms with van der Waals surface area (Å²) in [5.41, 5.74) is 0.426. The molecule has 2 rings (SSSR count). The van der Waals surface area contributed by atoms with E-state index in [-0.39, 0.29) is 27.0 Å². The van der Waals surface area contributed by atoms with E-state index in [4.69, 9.17) is 23.2 Å². The smallest absolute Gasteiger partial charge is 0.359 e. The number of aromatic nitrogens is 1. The lowest BCUT2D eigenvalue weighted by atomic mass is 10.2. The molecule has 0 aliphatic rings. The van der Waals surface area contributed by atoms with Gasteiger partial charge in [0, 0.05) is 5.38 Å². The quantitative estimate of drug-likeness (QED) is 0.874. The van der Waals surface area contributed by atoms with Crippen molar-refractivity contribution in [3.8, 4) is 0 Å². The van der Waals surface area contributed by atoms with E-state index in [0.29, 0.717) is 0 Å². The molecule has 0 fully saturated rings. The summed E-state index contributed by atoms with van der Waals surface area (Å²) in [5.74, 6) is -1.15. The lowest BCUT2D eigenvalue weighted by Gasteiger charge is -2.07. The molecule has 0 spiro atoms. The minimum atomic E-state index is -0.633. The van der Waals surface area contributed by atoms with Crippen LogP contribution in [0.15, 0.2) is 23.6 Å². The summed E-state index contributed by atoms with van der Waals surface area (Å²) in [7, 11) is 1.23. The van der Waals surface area contributed by atoms with Crippen LogP contribution in [0, 0.1) is 0 Å². The van der Waals surface area contributed by atoms with Crippen molar-refractivity contribution in [3.63, 3.8) is 0 Å². The number of halogens is 2. The average molecular weight is 331 g/mol. The second kappa shape index (κ2) is 6.21. The summed E-state index contributed by atoms with van der Waals surface area (Å²) in [5, 5.41) is 4.51. The topological polar surface area (TPSA) is 68.3 Å². The van der Waals surface area contributed by atoms with Gasteiger partial charge in [-0.05, 0) is 23.7 Å². The van der Waals surface area contributed by atoms with E-state index in [1.165, 1.54) is 12.5 Å². The molecule has 2 aromatic rings. The van der Waals surface area contributed by atoms with Crippen LogP contribution >= 0.6 is 34.7 Å². The van der Waals surface area contributed by atoms with E-state index in [1.54, 1.807) is 18.2 Å². The molecule has 0 unspecified atom stereocenters. The number of nitrogens with zero attached hydrogens (tertiary/aromatic N) is 1. The van der Waals surface area contributed by atoms with Gasteiger partial charge in [0.2, 0.25) is 0 Å². The molecule has 1 amide bonds. The van der Waals surface area contributed by atoms with Gasteiger partial charge in [-0.3, -0.25) is 4.79 Å². The highest BCUT2D eigenvalue weighted by molar-refractivity contribution is 7.04. The van der Waals surface area contributed by atoms with Gasteiger partial charge in [0.15, 0.2) is 5.69 Å². The molecule has 104 valence electrons. The number of benzene rings is 1. The highest BCUT2D eigenvalue weighted by Crippen LogP contribution is 2.26. The van der Waals surface area contributed by atoms with E-state index in [1.807, 2.05) is 0 Å². The summed E-state index contributed by atoms with van der Waals surface area (Å²) in [6.45, 7) is 0. The van der Waals surface area contributed by atoms with Crippen molar-refractivity contribution in [2.24, 2.45) is 0 Å². The van der Waals surface area contributed by atoms with Crippen molar-refractivity contribution in [2.75, 3.05) is 12.4 Å². The minimum Gasteiger partial charge on any atom is -0.464 e. The van der Waals surface area contributed by atoms with Crippen LogP contribution in [-0.4, -0.2) is 23.4 Å². The van der Waals surface area contributed by atoms with E-state index in [9.17, 15) is 9.59 Å². The van der Waals surface area contributed by atoms with Gasteiger partial charge in [0.25, 0.3) is 5.91 Å². The number of hydrogen-bond acceptors (Lipinski definition) is 5. The van der Waals surface area contributed by atoms with Gasteiger partial charge in [0.1, 0.15) is 0 Å². The largest absolute Gasteiger partial charge is 0.464 e. The molecule has 1 N–H and O–H groups in total. The Hall–Kier alpha value is -1.63. The molecule has 8 heteroatoms. The third-order valence-electron chi connectivity index (χ3n) is 2.39. The molecule has 0 bridgehead atoms. The fraction of sp³-hybridized carbons (Fsp3) is 0.0833. The van der Waals surface area contributed by atoms with E-state index in [0.717, 1.165) is 11.5 Å². The van der Waals surface area contributed by atoms with Gasteiger partial charge >= 0.3 is 5.97 Å². The van der Waals surface area contributed by atoms with Crippen LogP contribution in [0.5, 0.6) is 0 Å². The number of anilines is 1. The number of rotatable bonds is 3. The maximum absolute atomic E-state index is 12.2. The normalized spacial score (nSPS) is 10.2. The van der Waals surface area contributed by atoms with Crippen molar-refractivity contribution in [3.05, 3.63) is 44.9 Å². The zero-order valence-electron chi connectivity index (χ0n) is 10.1. The van der Waals surface area contributed by atoms with Crippen LogP contribution in [0.4, 0.5) is 5.69 Å². The molecule has 1 aromatic carbocycles. The maximum Gasteiger partial charge on any atom is 0.359 e. The predicted molar refractivity (Wildman–Crippen MR) is 77.9 cm³/mol. The van der Waals surface area contributed by atoms with Crippen LogP contribution in [0.1, 0.15) is 20.8 Å². The summed E-state index contributed by atoms with van der Waals surface area (Å²) in [6, 6.07) is 4.73. The molecular formula is C12H8Cl2N2O3S. The summed E-state index contributed by atoms with van der Waals surface area (Å²) >= 11 is 12.9. The number of nitrogens with one attached hydrogen (secondary N) is 1. The van der Waals surface area contributed by atoms with Gasteiger partial charge < -0.3 is 10.1 Å². The van der Waals surface area contributed by atoms with Crippen molar-refractivity contribution in [2.45, 2.75) is 0 Å². The average Bonchev–Trinajstić information content (AvgIpc) is 2.85. The molecule has 20 heavy (non-hydrogen) atoms. The van der Waals surface area contributed by atoms with Crippen LogP contribution in [0.2, 0.25) is 10.0 Å². The van der Waals surface area contributed by atoms with Crippen molar-refractivity contribution < 1.29 is 14.3 Å². The first-order chi connectivity index (χ1) is 9.54. The molecule has 0 saturated carbocycles. The number of amides is 1. The van der Waals surface area contributed by atoms with Gasteiger partial charge in [-0.1, -0.05) is 29.3 Å². The number of methoxy groups -OCH3 is 1. The molecule has 0 saturated heterocycles. The molecule has 0 aliphatic carbocycles. The highest BCUT2D eigenvalue weighted by Gasteiger charge is 2.20. The Balaban J connectivity index is 2.29. The van der Waals surface area contributed by atoms with Crippen LogP contribution in [0.25, 0.3) is 0 Å². The Morgan fingerprint density at radius 2 is 1.95 bits per heavy atom. The van der Waals surface area contributed by atoms with Gasteiger partial charge in [-0.2, -0.15) is 4.37 Å². The third kappa shape index (κ3) is 2.92. The second-order valence-electron chi connectivity index (χ2n) is 3.62. The van der Waals surface area contributed by atoms with Crippen molar-refractivity contribution >= 4 is 52.3 Å². The number of esters is 1. The molecule has 1 heterocycles. The van der Waals surface area contributed by atoms with E-state index >= 15 is 0 Å². The standard InChI is InChI=1S/C12H8Cl2N2O3S/c1-19-12(18)10-8(5-20-16-10)15-11(17)9-6(13)3-2-4-7(9)14/h2-5H,1H3,(H,15,17). The van der Waals surface area contributed by atoms with Crippen molar-refractivity contribution in [1.82, 2.24) is 4.37 Å². The molecule has 0 aliphatic heterocycles. The fourth-order valence-corrected chi connectivity index (χ4v) is 2.64. The van der Waals surface area contributed by atoms with E-state index in [2.05, 4.69) is 14.4 Å². The Labute approximate surface area is 128 Å². The lowest BCUT2D eigenvalue weighted by Crippen LogP contribution is -2.15. The summed E-state index contributed by atoms with van der Waals surface area (Å²) in [4.78, 5) is 23.6. The zero-order valence-corrected chi connectivity index (χ0v) is 12.5. The first kappa shape index (κ1) is 14.8. The second-order valence-corrected chi connectivity index (χ2v) is 5.06. The van der Waals surface area contributed by atoms with Crippen molar-refractivity contribution in [1.29, 1.82) is 0 Å². The van der Waals surface area contributed by atoms with Crippen LogP contribution in [0.3, 0.4) is 0 Å². The van der Waals surface area contributed by atoms with E-state index < -0.39 is 11.9 Å². The Bertz CT molecular complexity index is 652. The van der Waals surface area contributed by atoms with Crippen LogP contribution < -0.4 is 5.32 Å². The zero-order chi connectivity index (χ0) is 14.7. The minimum absolute atomic E-state index is 0.0361. The Morgan fingerprint density at radius 1 is 1.30 bits per heavy atom. The number of hydrogen-bond donors (Lipinski definition) is 1. The van der Waals surface area contributed by atoms with Gasteiger partial charge in [-0.25, -0.2) is 4.79 Å². The van der Waals surface area contributed by atoms with Gasteiger partial charge in [-0.15, -0.1) is 0 Å². The highest BCUT2D eigenvalue weighted by atomic mass is 35.5. The summed E-state index contributed by atoms with van der Waals surface area (Å²) < 4.78 is 8.44. The summed E-state index contributed by atoms with van der Waals surface area (Å²) in [6.07, 6.45) is 0. The number of carbonyl (C=O) groups excluding carboxylic acids is 2. The number of carbonyl (C=O) groups is 2. The third-order valence-corrected chi connectivity index (χ3v) is 3.65. The number of ether oxygens (including phenoxy) is 1. The molecule has 0 atom stereocenters. The maximum atomic E-state index is 12.2. The molecular weight excluding hydrogens is 323 g/mol. The van der Waals surface area contributed by atoms with Gasteiger partial charge in [0.05, 0.1) is 28.4 Å². The predicted octanol–water partition coefficient (Wildman–Crippen LogP) is 3.49. The fourth-order valence-electron chi connectivity index (χ4n) is 1.47. The Kier molecular flexibility index (Phi) is 4.59. The first-order valence-corrected chi connectivity index (χ1v) is 6.92.